The number of nitrogens with zero attached hydrogens (tertiary/aromatic N) is 4. The van der Waals surface area contributed by atoms with E-state index in [0.717, 1.165) is 5.56 Å². The van der Waals surface area contributed by atoms with Gasteiger partial charge in [-0.15, -0.1) is 0 Å². The number of halogens is 1. The molecule has 0 saturated carbocycles. The molecule has 0 spiro atoms. The second-order valence-corrected chi connectivity index (χ2v) is 9.73. The van der Waals surface area contributed by atoms with Crippen LogP contribution in [0.5, 0.6) is 0 Å². The summed E-state index contributed by atoms with van der Waals surface area (Å²) in [5.41, 5.74) is 1.74. The lowest BCUT2D eigenvalue weighted by Gasteiger charge is -2.54. The van der Waals surface area contributed by atoms with Crippen LogP contribution in [0.1, 0.15) is 36.8 Å². The van der Waals surface area contributed by atoms with E-state index in [2.05, 4.69) is 5.32 Å². The van der Waals surface area contributed by atoms with Crippen LogP contribution in [0.2, 0.25) is 0 Å². The summed E-state index contributed by atoms with van der Waals surface area (Å²) in [6, 6.07) is 14.0. The topological polar surface area (TPSA) is 114 Å². The first-order chi connectivity index (χ1) is 18.2. The zero-order valence-corrected chi connectivity index (χ0v) is 21.4. The summed E-state index contributed by atoms with van der Waals surface area (Å²) in [4.78, 5) is 54.5. The van der Waals surface area contributed by atoms with Crippen LogP contribution in [0.3, 0.4) is 0 Å². The second kappa shape index (κ2) is 11.6. The summed E-state index contributed by atoms with van der Waals surface area (Å²) < 4.78 is 13.3. The fourth-order valence-corrected chi connectivity index (χ4v) is 5.08. The average Bonchev–Trinajstić information content (AvgIpc) is 2.89. The van der Waals surface area contributed by atoms with Crippen molar-refractivity contribution in [2.75, 3.05) is 26.7 Å². The number of aliphatic carboxylic acids is 1. The minimum atomic E-state index is -1.07. The van der Waals surface area contributed by atoms with Gasteiger partial charge in [-0.1, -0.05) is 49.4 Å². The molecule has 2 aliphatic rings. The van der Waals surface area contributed by atoms with Crippen molar-refractivity contribution in [2.45, 2.75) is 44.4 Å². The molecular weight excluding hydrogens is 493 g/mol. The van der Waals surface area contributed by atoms with Gasteiger partial charge in [0.05, 0.1) is 13.1 Å². The smallest absolute Gasteiger partial charge is 0.334 e. The maximum Gasteiger partial charge on any atom is 0.334 e. The molecule has 4 amide bonds. The van der Waals surface area contributed by atoms with E-state index in [1.807, 2.05) is 37.3 Å². The third-order valence-corrected chi connectivity index (χ3v) is 7.00. The van der Waals surface area contributed by atoms with E-state index in [1.165, 1.54) is 27.1 Å². The van der Waals surface area contributed by atoms with E-state index in [1.54, 1.807) is 24.1 Å². The molecule has 2 fully saturated rings. The maximum absolute atomic E-state index is 13.6. The lowest BCUT2D eigenvalue weighted by Crippen LogP contribution is -2.76. The Kier molecular flexibility index (Phi) is 8.26. The molecule has 2 aliphatic heterocycles. The van der Waals surface area contributed by atoms with Crippen molar-refractivity contribution >= 4 is 23.8 Å². The molecule has 3 atom stereocenters. The molecular formula is C27H32FN5O5. The molecule has 38 heavy (non-hydrogen) atoms. The van der Waals surface area contributed by atoms with E-state index < -0.39 is 24.2 Å². The molecule has 0 aliphatic carbocycles. The predicted octanol–water partition coefficient (Wildman–Crippen LogP) is 2.23. The lowest BCUT2D eigenvalue weighted by atomic mass is 9.97. The molecule has 2 N–H and O–H groups in total. The number of benzene rings is 2. The first kappa shape index (κ1) is 27.1. The van der Waals surface area contributed by atoms with Gasteiger partial charge < -0.3 is 20.2 Å². The summed E-state index contributed by atoms with van der Waals surface area (Å²) in [7, 11) is 1.62. The van der Waals surface area contributed by atoms with Crippen LogP contribution in [0, 0.1) is 5.82 Å². The van der Waals surface area contributed by atoms with E-state index >= 15 is 0 Å². The highest BCUT2D eigenvalue weighted by Crippen LogP contribution is 2.29. The first-order valence-corrected chi connectivity index (χ1v) is 12.5. The first-order valence-electron chi connectivity index (χ1n) is 12.5. The van der Waals surface area contributed by atoms with Crippen molar-refractivity contribution in [3.8, 4) is 0 Å². The number of hydrogen-bond acceptors (Lipinski definition) is 5. The molecule has 2 aromatic carbocycles. The van der Waals surface area contributed by atoms with Crippen molar-refractivity contribution in [3.63, 3.8) is 0 Å². The van der Waals surface area contributed by atoms with Gasteiger partial charge in [-0.25, -0.2) is 19.2 Å². The Morgan fingerprint density at radius 2 is 1.79 bits per heavy atom. The molecule has 0 bridgehead atoms. The number of urea groups is 1. The number of fused-ring (bicyclic) bond motifs is 1. The van der Waals surface area contributed by atoms with Gasteiger partial charge in [0.25, 0.3) is 0 Å². The van der Waals surface area contributed by atoms with Gasteiger partial charge in [0, 0.05) is 26.6 Å². The minimum Gasteiger partial charge on any atom is -0.481 e. The van der Waals surface area contributed by atoms with Crippen LogP contribution < -0.4 is 5.32 Å². The molecule has 2 saturated heterocycles. The molecule has 2 aromatic rings. The zero-order valence-electron chi connectivity index (χ0n) is 21.4. The fourth-order valence-electron chi connectivity index (χ4n) is 5.08. The predicted molar refractivity (Wildman–Crippen MR) is 136 cm³/mol. The van der Waals surface area contributed by atoms with Crippen molar-refractivity contribution in [2.24, 2.45) is 0 Å². The van der Waals surface area contributed by atoms with Gasteiger partial charge in [0.2, 0.25) is 11.8 Å². The number of carbonyl (C=O) groups is 4. The third kappa shape index (κ3) is 5.94. The number of nitrogens with one attached hydrogen (secondary N) is 1. The number of likely N-dealkylation sites (N-methyl/N-ethyl adjacent to an activating group) is 1. The highest BCUT2D eigenvalue weighted by molar-refractivity contribution is 5.91. The van der Waals surface area contributed by atoms with Crippen molar-refractivity contribution in [3.05, 3.63) is 71.5 Å². The average molecular weight is 526 g/mol. The van der Waals surface area contributed by atoms with Crippen molar-refractivity contribution < 1.29 is 28.7 Å². The van der Waals surface area contributed by atoms with Crippen molar-refractivity contribution in [1.29, 1.82) is 0 Å². The molecule has 4 rings (SSSR count). The molecule has 10 nitrogen and oxygen atoms in total. The molecule has 0 aromatic heterocycles. The molecule has 2 heterocycles. The van der Waals surface area contributed by atoms with E-state index in [4.69, 9.17) is 0 Å². The van der Waals surface area contributed by atoms with Crippen LogP contribution in [0.4, 0.5) is 9.18 Å². The Balaban J connectivity index is 1.59. The number of rotatable bonds is 8. The minimum absolute atomic E-state index is 0.0235. The van der Waals surface area contributed by atoms with Crippen LogP contribution in [0.15, 0.2) is 54.6 Å². The van der Waals surface area contributed by atoms with Crippen molar-refractivity contribution in [1.82, 2.24) is 25.1 Å². The number of amides is 4. The third-order valence-electron chi connectivity index (χ3n) is 7.00. The molecule has 11 heteroatoms. The summed E-state index contributed by atoms with van der Waals surface area (Å²) >= 11 is 0. The van der Waals surface area contributed by atoms with Crippen LogP contribution >= 0.6 is 0 Å². The standard InChI is InChI=1S/C27H32FN5O5/c1-18(20-6-4-3-5-7-20)15-31-16-23-32(22(26(31)37)12-13-25(35)36)24(34)17-30(2)33(23)27(38)29-14-19-8-10-21(28)11-9-19/h3-11,18,22-23H,12-17H2,1-2H3,(H,29,38)(H,35,36)/t18?,22?,23-/m0/s1. The number of carbonyl (C=O) groups excluding carboxylic acids is 3. The fraction of sp³-hybridized carbons (Fsp3) is 0.407. The van der Waals surface area contributed by atoms with Crippen LogP contribution in [0.25, 0.3) is 0 Å². The van der Waals surface area contributed by atoms with Gasteiger partial charge in [-0.3, -0.25) is 14.4 Å². The van der Waals surface area contributed by atoms with Crippen LogP contribution in [-0.2, 0) is 20.9 Å². The Bertz CT molecular complexity index is 1180. The quantitative estimate of drug-likeness (QED) is 0.547. The Labute approximate surface area is 220 Å². The monoisotopic (exact) mass is 525 g/mol. The highest BCUT2D eigenvalue weighted by Gasteiger charge is 2.50. The van der Waals surface area contributed by atoms with E-state index in [9.17, 15) is 28.7 Å². The Hall–Kier alpha value is -3.99. The summed E-state index contributed by atoms with van der Waals surface area (Å²) in [5.74, 6) is -2.15. The lowest BCUT2D eigenvalue weighted by molar-refractivity contribution is -0.188. The number of piperazine rings is 1. The van der Waals surface area contributed by atoms with Crippen LogP contribution in [-0.4, -0.2) is 87.6 Å². The van der Waals surface area contributed by atoms with E-state index in [0.29, 0.717) is 12.1 Å². The Morgan fingerprint density at radius 1 is 1.11 bits per heavy atom. The van der Waals surface area contributed by atoms with Gasteiger partial charge in [0.1, 0.15) is 18.0 Å². The Morgan fingerprint density at radius 3 is 2.45 bits per heavy atom. The molecule has 202 valence electrons. The summed E-state index contributed by atoms with van der Waals surface area (Å²) in [6.45, 7) is 2.42. The SMILES string of the molecule is CC(CN1C[C@H]2N(C(=O)CN(C)N2C(=O)NCc2ccc(F)cc2)C(CCC(=O)O)C1=O)c1ccccc1. The van der Waals surface area contributed by atoms with Gasteiger partial charge in [-0.05, 0) is 35.6 Å². The zero-order chi connectivity index (χ0) is 27.4. The number of carboxylic acid groups (broad SMARTS) is 1. The van der Waals surface area contributed by atoms with Gasteiger partial charge in [0.15, 0.2) is 0 Å². The number of hydrogen-bond donors (Lipinski definition) is 2. The van der Waals surface area contributed by atoms with Gasteiger partial charge in [-0.2, -0.15) is 0 Å². The highest BCUT2D eigenvalue weighted by atomic mass is 19.1. The van der Waals surface area contributed by atoms with Gasteiger partial charge >= 0.3 is 12.0 Å². The largest absolute Gasteiger partial charge is 0.481 e. The molecule has 0 radical (unpaired) electrons. The number of carboxylic acids is 1. The maximum atomic E-state index is 13.6. The normalized spacial score (nSPS) is 20.8. The second-order valence-electron chi connectivity index (χ2n) is 9.73. The summed E-state index contributed by atoms with van der Waals surface area (Å²) in [5, 5.41) is 15.0. The summed E-state index contributed by atoms with van der Waals surface area (Å²) in [6.07, 6.45) is -1.16. The number of hydrazine groups is 1. The molecule has 2 unspecified atom stereocenters. The van der Waals surface area contributed by atoms with E-state index in [-0.39, 0.29) is 56.0 Å².